The largest absolute Gasteiger partial charge is 0.448 e. The fraction of sp³-hybridized carbons (Fsp3) is 0.389. The SMILES string of the molecule is CC(C)(C)OC(=O)N[C@H](Cc1cccc2cnccc12)C(=O)OCCl. The van der Waals surface area contributed by atoms with Crippen LogP contribution in [0.15, 0.2) is 36.7 Å². The van der Waals surface area contributed by atoms with Gasteiger partial charge in [-0.1, -0.05) is 29.8 Å². The fourth-order valence-electron chi connectivity index (χ4n) is 2.39. The number of halogens is 1. The van der Waals surface area contributed by atoms with Crippen molar-refractivity contribution in [1.29, 1.82) is 0 Å². The van der Waals surface area contributed by atoms with Crippen molar-refractivity contribution in [3.8, 4) is 0 Å². The predicted molar refractivity (Wildman–Crippen MR) is 95.4 cm³/mol. The van der Waals surface area contributed by atoms with E-state index in [1.54, 1.807) is 33.2 Å². The van der Waals surface area contributed by atoms with Crippen LogP contribution >= 0.6 is 11.6 Å². The Morgan fingerprint density at radius 3 is 2.72 bits per heavy atom. The highest BCUT2D eigenvalue weighted by Crippen LogP contribution is 2.19. The Balaban J connectivity index is 2.23. The van der Waals surface area contributed by atoms with Gasteiger partial charge in [0.25, 0.3) is 0 Å². The second-order valence-corrected chi connectivity index (χ2v) is 6.71. The van der Waals surface area contributed by atoms with E-state index in [2.05, 4.69) is 10.3 Å². The maximum atomic E-state index is 12.2. The smallest absolute Gasteiger partial charge is 0.408 e. The number of rotatable bonds is 5. The molecule has 0 bridgehead atoms. The highest BCUT2D eigenvalue weighted by Gasteiger charge is 2.26. The van der Waals surface area contributed by atoms with E-state index in [4.69, 9.17) is 21.1 Å². The molecule has 0 saturated carbocycles. The van der Waals surface area contributed by atoms with Crippen molar-refractivity contribution in [2.75, 3.05) is 6.07 Å². The molecule has 6 nitrogen and oxygen atoms in total. The first-order valence-electron chi connectivity index (χ1n) is 7.84. The van der Waals surface area contributed by atoms with Crippen molar-refractivity contribution in [3.05, 3.63) is 42.2 Å². The third-order valence-corrected chi connectivity index (χ3v) is 3.48. The number of benzene rings is 1. The summed E-state index contributed by atoms with van der Waals surface area (Å²) in [5.41, 5.74) is 0.211. The Morgan fingerprint density at radius 1 is 1.28 bits per heavy atom. The molecule has 1 aromatic carbocycles. The van der Waals surface area contributed by atoms with Gasteiger partial charge in [-0.05, 0) is 37.8 Å². The molecule has 0 saturated heterocycles. The van der Waals surface area contributed by atoms with E-state index in [-0.39, 0.29) is 12.5 Å². The van der Waals surface area contributed by atoms with Crippen LogP contribution in [0, 0.1) is 0 Å². The van der Waals surface area contributed by atoms with Crippen molar-refractivity contribution in [1.82, 2.24) is 10.3 Å². The number of nitrogens with one attached hydrogen (secondary N) is 1. The summed E-state index contributed by atoms with van der Waals surface area (Å²) >= 11 is 5.49. The Morgan fingerprint density at radius 2 is 2.04 bits per heavy atom. The highest BCUT2D eigenvalue weighted by molar-refractivity contribution is 6.17. The number of ether oxygens (including phenoxy) is 2. The predicted octanol–water partition coefficient (Wildman–Crippen LogP) is 3.41. The van der Waals surface area contributed by atoms with Gasteiger partial charge in [0.2, 0.25) is 0 Å². The number of pyridine rings is 1. The zero-order valence-corrected chi connectivity index (χ0v) is 15.2. The number of amides is 1. The molecule has 0 spiro atoms. The Labute approximate surface area is 151 Å². The van der Waals surface area contributed by atoms with Crippen molar-refractivity contribution in [2.45, 2.75) is 38.8 Å². The molecule has 134 valence electrons. The van der Waals surface area contributed by atoms with Crippen LogP contribution in [-0.4, -0.2) is 34.8 Å². The first kappa shape index (κ1) is 19.0. The third kappa shape index (κ3) is 5.60. The first-order chi connectivity index (χ1) is 11.8. The number of alkyl halides is 1. The normalized spacial score (nSPS) is 12.5. The van der Waals surface area contributed by atoms with E-state index in [1.165, 1.54) is 0 Å². The van der Waals surface area contributed by atoms with Gasteiger partial charge in [0.05, 0.1) is 0 Å². The maximum absolute atomic E-state index is 12.2. The van der Waals surface area contributed by atoms with E-state index >= 15 is 0 Å². The number of alkyl carbamates (subject to hydrolysis) is 1. The summed E-state index contributed by atoms with van der Waals surface area (Å²) in [7, 11) is 0. The monoisotopic (exact) mass is 364 g/mol. The Hall–Kier alpha value is -2.34. The molecule has 2 rings (SSSR count). The van der Waals surface area contributed by atoms with Crippen molar-refractivity contribution < 1.29 is 19.1 Å². The molecule has 0 unspecified atom stereocenters. The van der Waals surface area contributed by atoms with Gasteiger partial charge in [0, 0.05) is 24.2 Å². The molecular weight excluding hydrogens is 344 g/mol. The van der Waals surface area contributed by atoms with Crippen LogP contribution in [0.25, 0.3) is 10.8 Å². The molecule has 1 N–H and O–H groups in total. The van der Waals surface area contributed by atoms with Crippen molar-refractivity contribution >= 4 is 34.4 Å². The Kier molecular flexibility index (Phi) is 6.20. The van der Waals surface area contributed by atoms with Gasteiger partial charge in [-0.3, -0.25) is 4.98 Å². The van der Waals surface area contributed by atoms with Gasteiger partial charge in [0.1, 0.15) is 11.6 Å². The molecule has 1 amide bonds. The summed E-state index contributed by atoms with van der Waals surface area (Å²) in [6, 6.07) is 6.36. The van der Waals surface area contributed by atoms with Crippen LogP contribution < -0.4 is 5.32 Å². The minimum absolute atomic E-state index is 0.246. The zero-order chi connectivity index (χ0) is 18.4. The lowest BCUT2D eigenvalue weighted by molar-refractivity contribution is -0.144. The lowest BCUT2D eigenvalue weighted by Crippen LogP contribution is -2.45. The van der Waals surface area contributed by atoms with Gasteiger partial charge in [-0.25, -0.2) is 9.59 Å². The van der Waals surface area contributed by atoms with Gasteiger partial charge < -0.3 is 14.8 Å². The number of fused-ring (bicyclic) bond motifs is 1. The number of esters is 1. The van der Waals surface area contributed by atoms with Gasteiger partial charge >= 0.3 is 12.1 Å². The summed E-state index contributed by atoms with van der Waals surface area (Å²) in [6.07, 6.45) is 2.98. The highest BCUT2D eigenvalue weighted by atomic mass is 35.5. The zero-order valence-electron chi connectivity index (χ0n) is 14.4. The van der Waals surface area contributed by atoms with E-state index in [9.17, 15) is 9.59 Å². The summed E-state index contributed by atoms with van der Waals surface area (Å²) in [5, 5.41) is 4.46. The first-order valence-corrected chi connectivity index (χ1v) is 8.37. The standard InChI is InChI=1S/C18H21ClN2O4/c1-18(2,3)25-17(23)21-15(16(22)24-11-19)9-12-5-4-6-13-10-20-8-7-14(12)13/h4-8,10,15H,9,11H2,1-3H3,(H,21,23)/t15-/m1/s1. The Bertz CT molecular complexity index is 753. The molecule has 0 aliphatic heterocycles. The average molecular weight is 365 g/mol. The average Bonchev–Trinajstić information content (AvgIpc) is 2.53. The van der Waals surface area contributed by atoms with E-state index in [0.717, 1.165) is 16.3 Å². The van der Waals surface area contributed by atoms with Crippen LogP contribution in [0.5, 0.6) is 0 Å². The van der Waals surface area contributed by atoms with Gasteiger partial charge in [-0.2, -0.15) is 0 Å². The molecule has 1 atom stereocenters. The summed E-state index contributed by atoms with van der Waals surface area (Å²) < 4.78 is 10.1. The fourth-order valence-corrected chi connectivity index (χ4v) is 2.49. The second-order valence-electron chi connectivity index (χ2n) is 6.49. The lowest BCUT2D eigenvalue weighted by atomic mass is 10.00. The number of hydrogen-bond donors (Lipinski definition) is 1. The molecule has 1 heterocycles. The molecule has 25 heavy (non-hydrogen) atoms. The van der Waals surface area contributed by atoms with Crippen LogP contribution in [0.2, 0.25) is 0 Å². The molecule has 2 aromatic rings. The topological polar surface area (TPSA) is 77.5 Å². The van der Waals surface area contributed by atoms with Crippen LogP contribution in [0.4, 0.5) is 4.79 Å². The van der Waals surface area contributed by atoms with Crippen LogP contribution in [0.1, 0.15) is 26.3 Å². The molecule has 7 heteroatoms. The third-order valence-electron chi connectivity index (χ3n) is 3.37. The minimum atomic E-state index is -0.910. The van der Waals surface area contributed by atoms with E-state index < -0.39 is 23.7 Å². The number of hydrogen-bond acceptors (Lipinski definition) is 5. The molecule has 0 aliphatic rings. The minimum Gasteiger partial charge on any atom is -0.448 e. The number of carbonyl (C=O) groups excluding carboxylic acids is 2. The molecule has 0 aliphatic carbocycles. The molecule has 1 aromatic heterocycles. The summed E-state index contributed by atoms with van der Waals surface area (Å²) in [6.45, 7) is 5.24. The second kappa shape index (κ2) is 8.16. The molecular formula is C18H21ClN2O4. The number of aromatic nitrogens is 1. The molecule has 0 radical (unpaired) electrons. The van der Waals surface area contributed by atoms with Gasteiger partial charge in [-0.15, -0.1) is 0 Å². The van der Waals surface area contributed by atoms with Crippen molar-refractivity contribution in [3.63, 3.8) is 0 Å². The summed E-state index contributed by atoms with van der Waals surface area (Å²) in [4.78, 5) is 28.3. The molecule has 0 fully saturated rings. The number of carbonyl (C=O) groups is 2. The van der Waals surface area contributed by atoms with Gasteiger partial charge in [0.15, 0.2) is 6.07 Å². The van der Waals surface area contributed by atoms with E-state index in [1.807, 2.05) is 24.3 Å². The van der Waals surface area contributed by atoms with Crippen LogP contribution in [0.3, 0.4) is 0 Å². The quantitative estimate of drug-likeness (QED) is 0.649. The van der Waals surface area contributed by atoms with E-state index in [0.29, 0.717) is 0 Å². The number of nitrogens with zero attached hydrogens (tertiary/aromatic N) is 1. The van der Waals surface area contributed by atoms with Crippen molar-refractivity contribution in [2.24, 2.45) is 0 Å². The maximum Gasteiger partial charge on any atom is 0.408 e. The van der Waals surface area contributed by atoms with Crippen LogP contribution in [-0.2, 0) is 20.7 Å². The lowest BCUT2D eigenvalue weighted by Gasteiger charge is -2.23. The summed E-state index contributed by atoms with van der Waals surface area (Å²) in [5.74, 6) is -0.619.